The first-order chi connectivity index (χ1) is 12.0. The van der Waals surface area contributed by atoms with Crippen molar-refractivity contribution in [3.63, 3.8) is 0 Å². The molecule has 0 aliphatic rings. The minimum atomic E-state index is -0.484. The highest BCUT2D eigenvalue weighted by Crippen LogP contribution is 2.27. The van der Waals surface area contributed by atoms with Gasteiger partial charge >= 0.3 is 5.56 Å². The summed E-state index contributed by atoms with van der Waals surface area (Å²) < 4.78 is 1.05. The number of hydrogen-bond acceptors (Lipinski definition) is 5. The standard InChI is InChI=1S/C16H13ClN6OS/c1-9-2-4-10(5-3-9)13-14(15(24)23(22-13)16(18)25)21-20-12-6-11(17)7-19-8-12/h2-8,22H,1H3,(H2,18,25). The van der Waals surface area contributed by atoms with E-state index in [2.05, 4.69) is 20.3 Å². The van der Waals surface area contributed by atoms with Crippen molar-refractivity contribution in [2.75, 3.05) is 0 Å². The molecule has 0 amide bonds. The average Bonchev–Trinajstić information content (AvgIpc) is 2.91. The fourth-order valence-electron chi connectivity index (χ4n) is 2.16. The molecule has 7 nitrogen and oxygen atoms in total. The van der Waals surface area contributed by atoms with Crippen LogP contribution in [0.3, 0.4) is 0 Å². The third kappa shape index (κ3) is 3.65. The Bertz CT molecular complexity index is 1020. The number of aromatic nitrogens is 3. The summed E-state index contributed by atoms with van der Waals surface area (Å²) in [5.41, 5.74) is 7.94. The monoisotopic (exact) mass is 372 g/mol. The molecule has 2 heterocycles. The lowest BCUT2D eigenvalue weighted by Gasteiger charge is -2.00. The van der Waals surface area contributed by atoms with E-state index in [0.717, 1.165) is 15.8 Å². The Hall–Kier alpha value is -2.84. The van der Waals surface area contributed by atoms with Crippen molar-refractivity contribution in [1.82, 2.24) is 14.8 Å². The number of nitrogens with two attached hydrogens (primary N) is 1. The van der Waals surface area contributed by atoms with Crippen molar-refractivity contribution in [2.24, 2.45) is 16.0 Å². The molecule has 3 rings (SSSR count). The second-order valence-electron chi connectivity index (χ2n) is 5.24. The molecule has 1 aromatic carbocycles. The Morgan fingerprint density at radius 1 is 1.28 bits per heavy atom. The number of azo groups is 1. The third-order valence-electron chi connectivity index (χ3n) is 3.38. The van der Waals surface area contributed by atoms with Crippen LogP contribution in [0, 0.1) is 6.92 Å². The van der Waals surface area contributed by atoms with Gasteiger partial charge in [0, 0.05) is 11.8 Å². The molecule has 0 atom stereocenters. The van der Waals surface area contributed by atoms with E-state index < -0.39 is 5.56 Å². The number of pyridine rings is 1. The van der Waals surface area contributed by atoms with Gasteiger partial charge in [-0.2, -0.15) is 4.68 Å². The Morgan fingerprint density at radius 3 is 2.64 bits per heavy atom. The van der Waals surface area contributed by atoms with Gasteiger partial charge in [0.2, 0.25) is 0 Å². The van der Waals surface area contributed by atoms with Crippen LogP contribution in [0.25, 0.3) is 11.3 Å². The average molecular weight is 373 g/mol. The molecule has 0 saturated heterocycles. The predicted molar refractivity (Wildman–Crippen MR) is 101 cm³/mol. The fraction of sp³-hybridized carbons (Fsp3) is 0.0625. The molecule has 0 aliphatic heterocycles. The quantitative estimate of drug-likeness (QED) is 0.540. The summed E-state index contributed by atoms with van der Waals surface area (Å²) in [5, 5.41) is 11.3. The zero-order valence-electron chi connectivity index (χ0n) is 13.1. The van der Waals surface area contributed by atoms with E-state index in [1.807, 2.05) is 31.2 Å². The smallest absolute Gasteiger partial charge is 0.301 e. The molecule has 25 heavy (non-hydrogen) atoms. The zero-order chi connectivity index (χ0) is 18.0. The number of rotatable bonds is 3. The maximum absolute atomic E-state index is 12.5. The maximum atomic E-state index is 12.5. The summed E-state index contributed by atoms with van der Waals surface area (Å²) in [4.78, 5) is 16.5. The third-order valence-corrected chi connectivity index (χ3v) is 3.77. The molecular formula is C16H13ClN6OS. The van der Waals surface area contributed by atoms with Crippen molar-refractivity contribution < 1.29 is 0 Å². The highest BCUT2D eigenvalue weighted by atomic mass is 35.5. The van der Waals surface area contributed by atoms with Gasteiger partial charge < -0.3 is 5.73 Å². The summed E-state index contributed by atoms with van der Waals surface area (Å²) in [6.07, 6.45) is 2.97. The molecule has 2 aromatic heterocycles. The van der Waals surface area contributed by atoms with Gasteiger partial charge in [-0.15, -0.1) is 10.2 Å². The van der Waals surface area contributed by atoms with E-state index >= 15 is 0 Å². The summed E-state index contributed by atoms with van der Waals surface area (Å²) in [6.45, 7) is 1.97. The van der Waals surface area contributed by atoms with Crippen molar-refractivity contribution >= 4 is 40.3 Å². The van der Waals surface area contributed by atoms with Crippen LogP contribution in [0.1, 0.15) is 5.56 Å². The Balaban J connectivity index is 2.12. The van der Waals surface area contributed by atoms with Crippen LogP contribution in [0.4, 0.5) is 11.4 Å². The fourth-order valence-corrected chi connectivity index (χ4v) is 2.46. The minimum absolute atomic E-state index is 0.0941. The van der Waals surface area contributed by atoms with Crippen LogP contribution in [0.5, 0.6) is 0 Å². The molecule has 3 aromatic rings. The normalized spacial score (nSPS) is 11.1. The van der Waals surface area contributed by atoms with Crippen molar-refractivity contribution in [2.45, 2.75) is 6.92 Å². The number of aryl methyl sites for hydroxylation is 1. The molecule has 0 unspecified atom stereocenters. The molecule has 0 bridgehead atoms. The van der Waals surface area contributed by atoms with Crippen LogP contribution in [0.2, 0.25) is 5.02 Å². The first kappa shape index (κ1) is 17.0. The van der Waals surface area contributed by atoms with Gasteiger partial charge in [-0.1, -0.05) is 41.4 Å². The lowest BCUT2D eigenvalue weighted by atomic mass is 10.1. The summed E-state index contributed by atoms with van der Waals surface area (Å²) in [7, 11) is 0. The number of halogens is 1. The number of hydrogen-bond donors (Lipinski definition) is 2. The number of nitrogens with zero attached hydrogens (tertiary/aromatic N) is 4. The molecule has 9 heteroatoms. The van der Waals surface area contributed by atoms with E-state index in [-0.39, 0.29) is 10.8 Å². The number of H-pyrrole nitrogens is 1. The van der Waals surface area contributed by atoms with Gasteiger partial charge in [-0.05, 0) is 25.2 Å². The van der Waals surface area contributed by atoms with Gasteiger partial charge in [-0.25, -0.2) is 0 Å². The minimum Gasteiger partial charge on any atom is -0.374 e. The lowest BCUT2D eigenvalue weighted by molar-refractivity contribution is 0.910. The summed E-state index contributed by atoms with van der Waals surface area (Å²) in [6, 6.07) is 9.17. The zero-order valence-corrected chi connectivity index (χ0v) is 14.7. The van der Waals surface area contributed by atoms with E-state index in [0.29, 0.717) is 16.4 Å². The van der Waals surface area contributed by atoms with Gasteiger partial charge in [0.1, 0.15) is 5.69 Å². The van der Waals surface area contributed by atoms with Crippen molar-refractivity contribution in [3.8, 4) is 11.3 Å². The summed E-state index contributed by atoms with van der Waals surface area (Å²) >= 11 is 10.8. The van der Waals surface area contributed by atoms with Crippen LogP contribution >= 0.6 is 23.8 Å². The first-order valence-corrected chi connectivity index (χ1v) is 7.98. The molecule has 126 valence electrons. The Labute approximate surface area is 153 Å². The van der Waals surface area contributed by atoms with Crippen molar-refractivity contribution in [3.05, 3.63) is 63.7 Å². The van der Waals surface area contributed by atoms with Gasteiger partial charge in [-0.3, -0.25) is 14.9 Å². The lowest BCUT2D eigenvalue weighted by Crippen LogP contribution is -2.29. The van der Waals surface area contributed by atoms with Crippen LogP contribution in [-0.2, 0) is 0 Å². The topological polar surface area (TPSA) is 101 Å². The second kappa shape index (κ2) is 6.96. The predicted octanol–water partition coefficient (Wildman–Crippen LogP) is 3.71. The molecule has 0 aliphatic carbocycles. The Kier molecular flexibility index (Phi) is 4.73. The van der Waals surface area contributed by atoms with E-state index in [1.165, 1.54) is 12.4 Å². The largest absolute Gasteiger partial charge is 0.374 e. The molecule has 3 N–H and O–H groups in total. The first-order valence-electron chi connectivity index (χ1n) is 7.20. The SMILES string of the molecule is Cc1ccc(-c2[nH]n(C(N)=S)c(=O)c2N=Nc2cncc(Cl)c2)cc1. The number of thiocarbonyl (C=S) groups is 1. The number of aromatic amines is 1. The van der Waals surface area contributed by atoms with Crippen LogP contribution in [-0.4, -0.2) is 19.9 Å². The summed E-state index contributed by atoms with van der Waals surface area (Å²) in [5.74, 6) is 0. The van der Waals surface area contributed by atoms with E-state index in [1.54, 1.807) is 6.07 Å². The highest BCUT2D eigenvalue weighted by Gasteiger charge is 2.17. The Morgan fingerprint density at radius 2 is 2.00 bits per heavy atom. The van der Waals surface area contributed by atoms with Crippen LogP contribution < -0.4 is 11.3 Å². The molecule has 0 fully saturated rings. The molecule has 0 saturated carbocycles. The van der Waals surface area contributed by atoms with E-state index in [9.17, 15) is 4.79 Å². The number of nitrogens with one attached hydrogen (secondary N) is 1. The van der Waals surface area contributed by atoms with Gasteiger partial charge in [0.05, 0.1) is 16.9 Å². The van der Waals surface area contributed by atoms with E-state index in [4.69, 9.17) is 29.6 Å². The molecule has 0 radical (unpaired) electrons. The molecule has 0 spiro atoms. The number of benzene rings is 1. The van der Waals surface area contributed by atoms with Gasteiger partial charge in [0.25, 0.3) is 0 Å². The second-order valence-corrected chi connectivity index (χ2v) is 6.10. The maximum Gasteiger partial charge on any atom is 0.301 e. The molecular weight excluding hydrogens is 360 g/mol. The van der Waals surface area contributed by atoms with Gasteiger partial charge in [0.15, 0.2) is 10.8 Å². The highest BCUT2D eigenvalue weighted by molar-refractivity contribution is 7.80. The van der Waals surface area contributed by atoms with Crippen LogP contribution in [0.15, 0.2) is 57.7 Å². The van der Waals surface area contributed by atoms with Crippen molar-refractivity contribution in [1.29, 1.82) is 0 Å².